The number of hydrogen-bond donors (Lipinski definition) is 1. The van der Waals surface area contributed by atoms with Crippen molar-refractivity contribution in [2.75, 3.05) is 5.32 Å². The number of thiophene rings is 1. The Morgan fingerprint density at radius 3 is 2.59 bits per heavy atom. The summed E-state index contributed by atoms with van der Waals surface area (Å²) in [6.07, 6.45) is 0. The highest BCUT2D eigenvalue weighted by atomic mass is 79.9. The van der Waals surface area contributed by atoms with Crippen LogP contribution in [-0.2, 0) is 0 Å². The van der Waals surface area contributed by atoms with Crippen molar-refractivity contribution < 1.29 is 9.18 Å². The molecule has 2 aromatic rings. The van der Waals surface area contributed by atoms with Crippen LogP contribution < -0.4 is 5.32 Å². The number of rotatable bonds is 2. The molecular formula is C11H6Br2FNOS. The second-order valence-corrected chi connectivity index (χ2v) is 6.56. The predicted molar refractivity (Wildman–Crippen MR) is 74.1 cm³/mol. The van der Waals surface area contributed by atoms with Crippen LogP contribution in [0, 0.1) is 5.82 Å². The van der Waals surface area contributed by atoms with E-state index in [0.717, 1.165) is 3.79 Å². The molecule has 0 saturated heterocycles. The van der Waals surface area contributed by atoms with Crippen molar-refractivity contribution in [2.24, 2.45) is 0 Å². The fraction of sp³-hybridized carbons (Fsp3) is 0. The van der Waals surface area contributed by atoms with E-state index in [2.05, 4.69) is 37.2 Å². The van der Waals surface area contributed by atoms with Crippen molar-refractivity contribution in [1.82, 2.24) is 0 Å². The van der Waals surface area contributed by atoms with Crippen LogP contribution in [0.3, 0.4) is 0 Å². The molecule has 2 rings (SSSR count). The first-order valence-electron chi connectivity index (χ1n) is 4.58. The van der Waals surface area contributed by atoms with Gasteiger partial charge in [0.25, 0.3) is 5.91 Å². The molecule has 1 aromatic carbocycles. The van der Waals surface area contributed by atoms with Gasteiger partial charge in [-0.1, -0.05) is 15.9 Å². The molecule has 1 amide bonds. The Morgan fingerprint density at radius 2 is 2.00 bits per heavy atom. The van der Waals surface area contributed by atoms with Gasteiger partial charge in [0, 0.05) is 4.47 Å². The molecule has 0 unspecified atom stereocenters. The van der Waals surface area contributed by atoms with Gasteiger partial charge < -0.3 is 5.32 Å². The molecule has 1 N–H and O–H groups in total. The van der Waals surface area contributed by atoms with Gasteiger partial charge in [0.1, 0.15) is 5.82 Å². The Balaban J connectivity index is 2.18. The summed E-state index contributed by atoms with van der Waals surface area (Å²) in [5.41, 5.74) is 0.169. The second-order valence-electron chi connectivity index (χ2n) is 3.18. The van der Waals surface area contributed by atoms with E-state index in [0.29, 0.717) is 9.35 Å². The highest BCUT2D eigenvalue weighted by molar-refractivity contribution is 9.11. The average molecular weight is 379 g/mol. The van der Waals surface area contributed by atoms with E-state index in [1.54, 1.807) is 18.2 Å². The van der Waals surface area contributed by atoms with Crippen LogP contribution in [0.4, 0.5) is 10.1 Å². The molecule has 0 aliphatic heterocycles. The summed E-state index contributed by atoms with van der Waals surface area (Å²) < 4.78 is 15.0. The van der Waals surface area contributed by atoms with Crippen LogP contribution in [0.5, 0.6) is 0 Å². The van der Waals surface area contributed by atoms with E-state index < -0.39 is 5.82 Å². The third-order valence-electron chi connectivity index (χ3n) is 1.98. The molecule has 0 bridgehead atoms. The Bertz CT molecular complexity index is 570. The molecule has 0 saturated carbocycles. The van der Waals surface area contributed by atoms with Gasteiger partial charge in [-0.15, -0.1) is 11.3 Å². The first-order valence-corrected chi connectivity index (χ1v) is 6.98. The molecule has 0 aliphatic rings. The number of nitrogens with one attached hydrogen (secondary N) is 1. The number of halogens is 3. The average Bonchev–Trinajstić information content (AvgIpc) is 2.69. The molecular weight excluding hydrogens is 373 g/mol. The monoisotopic (exact) mass is 377 g/mol. The van der Waals surface area contributed by atoms with Gasteiger partial charge in [0.2, 0.25) is 0 Å². The Labute approximate surface area is 118 Å². The molecule has 1 heterocycles. The highest BCUT2D eigenvalue weighted by Crippen LogP contribution is 2.24. The quantitative estimate of drug-likeness (QED) is 0.808. The van der Waals surface area contributed by atoms with Gasteiger partial charge in [-0.25, -0.2) is 4.39 Å². The standard InChI is InChI=1S/C11H6Br2FNOS/c12-6-1-2-8(7(14)5-6)15-11(16)9-3-4-10(13)17-9/h1-5H,(H,15,16). The molecule has 0 fully saturated rings. The summed E-state index contributed by atoms with van der Waals surface area (Å²) in [6, 6.07) is 7.95. The molecule has 0 atom stereocenters. The summed E-state index contributed by atoms with van der Waals surface area (Å²) in [6.45, 7) is 0. The lowest BCUT2D eigenvalue weighted by atomic mass is 10.3. The normalized spacial score (nSPS) is 10.3. The van der Waals surface area contributed by atoms with Gasteiger partial charge >= 0.3 is 0 Å². The molecule has 0 spiro atoms. The van der Waals surface area contributed by atoms with Crippen LogP contribution in [0.1, 0.15) is 9.67 Å². The Kier molecular flexibility index (Phi) is 3.96. The number of hydrogen-bond acceptors (Lipinski definition) is 2. The van der Waals surface area contributed by atoms with E-state index in [9.17, 15) is 9.18 Å². The summed E-state index contributed by atoms with van der Waals surface area (Å²) >= 11 is 7.72. The first kappa shape index (κ1) is 12.7. The van der Waals surface area contributed by atoms with Crippen molar-refractivity contribution >= 4 is 54.8 Å². The lowest BCUT2D eigenvalue weighted by Crippen LogP contribution is -2.11. The topological polar surface area (TPSA) is 29.1 Å². The number of carbonyl (C=O) groups is 1. The van der Waals surface area contributed by atoms with E-state index in [1.165, 1.54) is 23.5 Å². The van der Waals surface area contributed by atoms with E-state index in [-0.39, 0.29) is 11.6 Å². The third kappa shape index (κ3) is 3.14. The smallest absolute Gasteiger partial charge is 0.265 e. The molecule has 0 aliphatic carbocycles. The van der Waals surface area contributed by atoms with Crippen molar-refractivity contribution in [3.63, 3.8) is 0 Å². The van der Waals surface area contributed by atoms with E-state index in [4.69, 9.17) is 0 Å². The van der Waals surface area contributed by atoms with Crippen LogP contribution in [-0.4, -0.2) is 5.91 Å². The summed E-state index contributed by atoms with van der Waals surface area (Å²) in [7, 11) is 0. The van der Waals surface area contributed by atoms with Crippen molar-refractivity contribution in [2.45, 2.75) is 0 Å². The number of amides is 1. The maximum atomic E-state index is 13.5. The minimum Gasteiger partial charge on any atom is -0.319 e. The minimum absolute atomic E-state index is 0.169. The molecule has 6 heteroatoms. The maximum absolute atomic E-state index is 13.5. The molecule has 17 heavy (non-hydrogen) atoms. The molecule has 1 aromatic heterocycles. The minimum atomic E-state index is -0.469. The highest BCUT2D eigenvalue weighted by Gasteiger charge is 2.11. The first-order chi connectivity index (χ1) is 8.06. The fourth-order valence-electron chi connectivity index (χ4n) is 1.21. The number of benzene rings is 1. The number of carbonyl (C=O) groups excluding carboxylic acids is 1. The second kappa shape index (κ2) is 5.29. The van der Waals surface area contributed by atoms with Gasteiger partial charge in [-0.05, 0) is 46.3 Å². The summed E-state index contributed by atoms with van der Waals surface area (Å²) in [4.78, 5) is 12.3. The summed E-state index contributed by atoms with van der Waals surface area (Å²) in [5.74, 6) is -0.787. The lowest BCUT2D eigenvalue weighted by molar-refractivity contribution is 0.103. The SMILES string of the molecule is O=C(Nc1ccc(Br)cc1F)c1ccc(Br)s1. The third-order valence-corrected chi connectivity index (χ3v) is 4.09. The van der Waals surface area contributed by atoms with Crippen LogP contribution in [0.2, 0.25) is 0 Å². The van der Waals surface area contributed by atoms with Crippen molar-refractivity contribution in [3.05, 3.63) is 49.3 Å². The predicted octanol–water partition coefficient (Wildman–Crippen LogP) is 4.66. The zero-order chi connectivity index (χ0) is 12.4. The van der Waals surface area contributed by atoms with Gasteiger partial charge in [0.15, 0.2) is 0 Å². The fourth-order valence-corrected chi connectivity index (χ4v) is 2.83. The zero-order valence-electron chi connectivity index (χ0n) is 8.34. The van der Waals surface area contributed by atoms with Crippen molar-refractivity contribution in [3.8, 4) is 0 Å². The Morgan fingerprint density at radius 1 is 1.24 bits per heavy atom. The largest absolute Gasteiger partial charge is 0.319 e. The molecule has 2 nitrogen and oxygen atoms in total. The number of anilines is 1. The molecule has 88 valence electrons. The van der Waals surface area contributed by atoms with Crippen molar-refractivity contribution in [1.29, 1.82) is 0 Å². The molecule has 0 radical (unpaired) electrons. The maximum Gasteiger partial charge on any atom is 0.265 e. The zero-order valence-corrected chi connectivity index (χ0v) is 12.3. The van der Waals surface area contributed by atoms with Crippen LogP contribution in [0.25, 0.3) is 0 Å². The van der Waals surface area contributed by atoms with Gasteiger partial charge in [-0.2, -0.15) is 0 Å². The van der Waals surface area contributed by atoms with E-state index >= 15 is 0 Å². The van der Waals surface area contributed by atoms with Gasteiger partial charge in [0.05, 0.1) is 14.4 Å². The van der Waals surface area contributed by atoms with Gasteiger partial charge in [-0.3, -0.25) is 4.79 Å². The summed E-state index contributed by atoms with van der Waals surface area (Å²) in [5, 5.41) is 2.52. The lowest BCUT2D eigenvalue weighted by Gasteiger charge is -2.05. The van der Waals surface area contributed by atoms with E-state index in [1.807, 2.05) is 0 Å². The Hall–Kier alpha value is -0.720. The van der Waals surface area contributed by atoms with Crippen LogP contribution in [0.15, 0.2) is 38.6 Å². The van der Waals surface area contributed by atoms with Crippen LogP contribution >= 0.6 is 43.2 Å².